The summed E-state index contributed by atoms with van der Waals surface area (Å²) in [6, 6.07) is 0. The molecule has 1 rings (SSSR count). The molecule has 1 fully saturated rings. The highest BCUT2D eigenvalue weighted by Gasteiger charge is 2.33. The Morgan fingerprint density at radius 3 is 2.67 bits per heavy atom. The highest BCUT2D eigenvalue weighted by Crippen LogP contribution is 2.27. The lowest BCUT2D eigenvalue weighted by molar-refractivity contribution is -0.0130. The third kappa shape index (κ3) is 2.04. The molecule has 0 saturated carbocycles. The Hall–Kier alpha value is -0.910. The van der Waals surface area contributed by atoms with Crippen molar-refractivity contribution in [3.63, 3.8) is 0 Å². The fourth-order valence-corrected chi connectivity index (χ4v) is 1.12. The molecule has 70 valence electrons. The minimum Gasteiger partial charge on any atom is -0.322 e. The summed E-state index contributed by atoms with van der Waals surface area (Å²) >= 11 is 0. The quantitative estimate of drug-likeness (QED) is 0.413. The molecule has 0 aromatic carbocycles. The first-order valence-corrected chi connectivity index (χ1v) is 3.72. The molecule has 0 aromatic rings. The molecule has 0 bridgehead atoms. The van der Waals surface area contributed by atoms with E-state index in [0.29, 0.717) is 5.84 Å². The summed E-state index contributed by atoms with van der Waals surface area (Å²) in [6.07, 6.45) is -0.320. The summed E-state index contributed by atoms with van der Waals surface area (Å²) in [4.78, 5) is 0. The molecule has 0 amide bonds. The Bertz CT molecular complexity index is 192. The Balaban J connectivity index is 2.65. The Morgan fingerprint density at radius 1 is 1.42 bits per heavy atom. The van der Waals surface area contributed by atoms with E-state index in [2.05, 4.69) is 5.10 Å². The van der Waals surface area contributed by atoms with Gasteiger partial charge in [0.1, 0.15) is 5.84 Å². The zero-order valence-electron chi connectivity index (χ0n) is 6.63. The molecule has 0 spiro atoms. The molecular formula is C6H12F2N4. The van der Waals surface area contributed by atoms with Gasteiger partial charge in [0, 0.05) is 25.8 Å². The predicted molar refractivity (Wildman–Crippen MR) is 41.3 cm³/mol. The van der Waals surface area contributed by atoms with E-state index in [0.717, 1.165) is 0 Å². The molecule has 1 aliphatic rings. The van der Waals surface area contributed by atoms with E-state index in [1.165, 1.54) is 5.01 Å². The lowest BCUT2D eigenvalue weighted by Gasteiger charge is -2.15. The van der Waals surface area contributed by atoms with Gasteiger partial charge in [-0.05, 0) is 0 Å². The minimum absolute atomic E-state index is 0.100. The van der Waals surface area contributed by atoms with Gasteiger partial charge in [0.15, 0.2) is 0 Å². The van der Waals surface area contributed by atoms with Gasteiger partial charge in [-0.15, -0.1) is 0 Å². The molecule has 1 heterocycles. The van der Waals surface area contributed by atoms with E-state index in [1.807, 2.05) is 0 Å². The van der Waals surface area contributed by atoms with Crippen LogP contribution in [0.3, 0.4) is 0 Å². The number of nitrogens with two attached hydrogens (primary N) is 2. The van der Waals surface area contributed by atoms with Crippen LogP contribution in [0.1, 0.15) is 19.3 Å². The molecule has 0 aromatic heterocycles. The van der Waals surface area contributed by atoms with E-state index < -0.39 is 5.92 Å². The van der Waals surface area contributed by atoms with Crippen molar-refractivity contribution in [2.75, 3.05) is 6.54 Å². The molecule has 6 heteroatoms. The maximum atomic E-state index is 12.8. The maximum Gasteiger partial charge on any atom is 0.250 e. The molecule has 0 unspecified atom stereocenters. The average Bonchev–Trinajstić information content (AvgIpc) is 2.13. The van der Waals surface area contributed by atoms with Crippen molar-refractivity contribution < 1.29 is 8.78 Å². The summed E-state index contributed by atoms with van der Waals surface area (Å²) < 4.78 is 25.5. The number of amidine groups is 1. The molecule has 1 aliphatic heterocycles. The average molecular weight is 178 g/mol. The molecule has 4 N–H and O–H groups in total. The zero-order chi connectivity index (χ0) is 9.19. The number of halogens is 2. The second-order valence-corrected chi connectivity index (χ2v) is 2.84. The van der Waals surface area contributed by atoms with Gasteiger partial charge in [0.05, 0.1) is 0 Å². The smallest absolute Gasteiger partial charge is 0.250 e. The van der Waals surface area contributed by atoms with Crippen molar-refractivity contribution in [2.45, 2.75) is 25.2 Å². The molecule has 1 saturated heterocycles. The summed E-state index contributed by atoms with van der Waals surface area (Å²) in [5.74, 6) is 8.08. The number of hydrogen-bond donors (Lipinski definition) is 2. The van der Waals surface area contributed by atoms with Crippen LogP contribution in [0.25, 0.3) is 0 Å². The Morgan fingerprint density at radius 2 is 2.08 bits per heavy atom. The third-order valence-electron chi connectivity index (χ3n) is 1.91. The molecular weight excluding hydrogens is 166 g/mol. The highest BCUT2D eigenvalue weighted by atomic mass is 19.3. The topological polar surface area (TPSA) is 67.6 Å². The van der Waals surface area contributed by atoms with Crippen molar-refractivity contribution in [1.29, 1.82) is 0 Å². The van der Waals surface area contributed by atoms with E-state index in [-0.39, 0.29) is 25.8 Å². The maximum absolute atomic E-state index is 12.8. The van der Waals surface area contributed by atoms with Crippen LogP contribution in [0.5, 0.6) is 0 Å². The van der Waals surface area contributed by atoms with Gasteiger partial charge in [0.25, 0.3) is 0 Å². The van der Waals surface area contributed by atoms with Crippen molar-refractivity contribution in [3.8, 4) is 0 Å². The van der Waals surface area contributed by atoms with Crippen LogP contribution >= 0.6 is 0 Å². The van der Waals surface area contributed by atoms with Crippen LogP contribution in [0.4, 0.5) is 8.78 Å². The highest BCUT2D eigenvalue weighted by molar-refractivity contribution is 5.81. The van der Waals surface area contributed by atoms with Crippen LogP contribution in [-0.2, 0) is 0 Å². The van der Waals surface area contributed by atoms with E-state index >= 15 is 0 Å². The normalized spacial score (nSPS) is 27.2. The standard InChI is InChI=1S/C6H12F2N4/c7-6(8)2-1-5(11-9)12(10)4-3-6/h1-4,9-10H2/b11-5-. The summed E-state index contributed by atoms with van der Waals surface area (Å²) in [7, 11) is 0. The van der Waals surface area contributed by atoms with Gasteiger partial charge in [-0.1, -0.05) is 0 Å². The largest absolute Gasteiger partial charge is 0.322 e. The molecule has 0 radical (unpaired) electrons. The lowest BCUT2D eigenvalue weighted by Crippen LogP contribution is -2.37. The van der Waals surface area contributed by atoms with Crippen molar-refractivity contribution >= 4 is 5.84 Å². The number of alkyl halides is 2. The van der Waals surface area contributed by atoms with Gasteiger partial charge in [-0.25, -0.2) is 14.6 Å². The van der Waals surface area contributed by atoms with Crippen molar-refractivity contribution in [3.05, 3.63) is 0 Å². The minimum atomic E-state index is -2.63. The second kappa shape index (κ2) is 3.22. The fourth-order valence-electron chi connectivity index (χ4n) is 1.12. The van der Waals surface area contributed by atoms with Gasteiger partial charge < -0.3 is 5.84 Å². The first-order chi connectivity index (χ1) is 5.55. The summed E-state index contributed by atoms with van der Waals surface area (Å²) in [5.41, 5.74) is 0. The fraction of sp³-hybridized carbons (Fsp3) is 0.833. The van der Waals surface area contributed by atoms with Gasteiger partial charge in [-0.3, -0.25) is 5.01 Å². The molecule has 12 heavy (non-hydrogen) atoms. The van der Waals surface area contributed by atoms with E-state index in [9.17, 15) is 8.78 Å². The number of nitrogens with zero attached hydrogens (tertiary/aromatic N) is 2. The zero-order valence-corrected chi connectivity index (χ0v) is 6.63. The molecule has 0 atom stereocenters. The lowest BCUT2D eigenvalue weighted by atomic mass is 10.1. The van der Waals surface area contributed by atoms with Gasteiger partial charge in [0.2, 0.25) is 5.92 Å². The number of hydrazine groups is 1. The first kappa shape index (κ1) is 9.18. The Kier molecular flexibility index (Phi) is 2.46. The predicted octanol–water partition coefficient (Wildman–Crippen LogP) is 0.253. The second-order valence-electron chi connectivity index (χ2n) is 2.84. The number of rotatable bonds is 0. The monoisotopic (exact) mass is 178 g/mol. The van der Waals surface area contributed by atoms with Crippen LogP contribution in [0, 0.1) is 0 Å². The van der Waals surface area contributed by atoms with Crippen LogP contribution < -0.4 is 11.7 Å². The SMILES string of the molecule is N/N=C1/CCC(F)(F)CCN1N. The van der Waals surface area contributed by atoms with E-state index in [4.69, 9.17) is 11.7 Å². The van der Waals surface area contributed by atoms with Gasteiger partial charge in [-0.2, -0.15) is 5.10 Å². The third-order valence-corrected chi connectivity index (χ3v) is 1.91. The number of hydrogen-bond acceptors (Lipinski definition) is 3. The Labute approximate surface area is 69.2 Å². The summed E-state index contributed by atoms with van der Waals surface area (Å²) in [5, 5.41) is 4.52. The van der Waals surface area contributed by atoms with Crippen molar-refractivity contribution in [2.24, 2.45) is 16.8 Å². The summed E-state index contributed by atoms with van der Waals surface area (Å²) in [6.45, 7) is 0.100. The first-order valence-electron chi connectivity index (χ1n) is 3.72. The number of hydrazone groups is 1. The van der Waals surface area contributed by atoms with E-state index in [1.54, 1.807) is 0 Å². The van der Waals surface area contributed by atoms with Crippen molar-refractivity contribution in [1.82, 2.24) is 5.01 Å². The van der Waals surface area contributed by atoms with Crippen LogP contribution in [0.2, 0.25) is 0 Å². The van der Waals surface area contributed by atoms with Crippen LogP contribution in [0.15, 0.2) is 5.10 Å². The molecule has 0 aliphatic carbocycles. The van der Waals surface area contributed by atoms with Crippen LogP contribution in [-0.4, -0.2) is 23.3 Å². The van der Waals surface area contributed by atoms with Gasteiger partial charge >= 0.3 is 0 Å². The molecule has 4 nitrogen and oxygen atoms in total.